The number of rotatable bonds is 10. The third kappa shape index (κ3) is 6.48. The minimum Gasteiger partial charge on any atom is -0.494 e. The van der Waals surface area contributed by atoms with E-state index < -0.39 is 22.0 Å². The molecule has 2 aromatic rings. The number of hydrogen-bond donors (Lipinski definition) is 1. The maximum absolute atomic E-state index is 12.5. The number of hydrogen-bond acceptors (Lipinski definition) is 6. The van der Waals surface area contributed by atoms with E-state index in [-0.39, 0.29) is 0 Å². The minimum atomic E-state index is -3.71. The topological polar surface area (TPSA) is 97.3 Å². The van der Waals surface area contributed by atoms with Crippen molar-refractivity contribution in [2.24, 2.45) is 5.10 Å². The number of carbonyl (C=O) groups excluding carboxylic acids is 1. The Morgan fingerprint density at radius 2 is 1.53 bits per heavy atom. The van der Waals surface area contributed by atoms with Crippen LogP contribution in [0, 0.1) is 0 Å². The lowest BCUT2D eigenvalue weighted by Gasteiger charge is -2.27. The van der Waals surface area contributed by atoms with Crippen molar-refractivity contribution in [3.63, 3.8) is 0 Å². The number of nitrogens with one attached hydrogen (secondary N) is 1. The van der Waals surface area contributed by atoms with Crippen molar-refractivity contribution in [2.75, 3.05) is 23.8 Å². The summed E-state index contributed by atoms with van der Waals surface area (Å²) in [4.78, 5) is 12.5. The van der Waals surface area contributed by atoms with Gasteiger partial charge in [-0.1, -0.05) is 0 Å². The van der Waals surface area contributed by atoms with Crippen molar-refractivity contribution in [3.05, 3.63) is 54.1 Å². The first-order chi connectivity index (χ1) is 14.3. The first-order valence-electron chi connectivity index (χ1n) is 9.54. The maximum atomic E-state index is 12.5. The Labute approximate surface area is 177 Å². The highest BCUT2D eigenvalue weighted by Crippen LogP contribution is 2.24. The zero-order valence-corrected chi connectivity index (χ0v) is 18.3. The van der Waals surface area contributed by atoms with Gasteiger partial charge in [0, 0.05) is 0 Å². The van der Waals surface area contributed by atoms with Gasteiger partial charge in [-0.15, -0.1) is 0 Å². The molecule has 8 nitrogen and oxygen atoms in total. The van der Waals surface area contributed by atoms with Crippen molar-refractivity contribution in [1.82, 2.24) is 5.43 Å². The normalized spacial score (nSPS) is 12.4. The molecule has 30 heavy (non-hydrogen) atoms. The number of hydrazone groups is 1. The van der Waals surface area contributed by atoms with E-state index in [0.29, 0.717) is 24.7 Å². The van der Waals surface area contributed by atoms with Gasteiger partial charge in [-0.05, 0) is 74.9 Å². The molecule has 0 spiro atoms. The number of sulfonamides is 1. The Morgan fingerprint density at radius 1 is 1.03 bits per heavy atom. The molecule has 0 saturated heterocycles. The van der Waals surface area contributed by atoms with E-state index in [1.165, 1.54) is 13.1 Å². The van der Waals surface area contributed by atoms with Crippen molar-refractivity contribution in [1.29, 1.82) is 0 Å². The smallest absolute Gasteiger partial charge is 0.263 e. The molecule has 162 valence electrons. The molecule has 0 unspecified atom stereocenters. The van der Waals surface area contributed by atoms with Crippen LogP contribution in [-0.4, -0.2) is 46.1 Å². The molecule has 0 heterocycles. The summed E-state index contributed by atoms with van der Waals surface area (Å²) >= 11 is 0. The Hall–Kier alpha value is -3.07. The van der Waals surface area contributed by atoms with Gasteiger partial charge in [0.05, 0.1) is 31.4 Å². The van der Waals surface area contributed by atoms with Gasteiger partial charge in [0.2, 0.25) is 10.0 Å². The number of anilines is 1. The maximum Gasteiger partial charge on any atom is 0.263 e. The molecule has 0 radical (unpaired) electrons. The molecule has 1 atom stereocenters. The largest absolute Gasteiger partial charge is 0.494 e. The number of ether oxygens (including phenoxy) is 2. The Morgan fingerprint density at radius 3 is 2.00 bits per heavy atom. The van der Waals surface area contributed by atoms with Crippen LogP contribution in [0.4, 0.5) is 5.69 Å². The van der Waals surface area contributed by atoms with Gasteiger partial charge in [0.15, 0.2) is 0 Å². The fraction of sp³-hybridized carbons (Fsp3) is 0.333. The lowest BCUT2D eigenvalue weighted by molar-refractivity contribution is -0.121. The van der Waals surface area contributed by atoms with E-state index >= 15 is 0 Å². The molecule has 0 fully saturated rings. The molecule has 0 aliphatic heterocycles. The van der Waals surface area contributed by atoms with Crippen molar-refractivity contribution >= 4 is 27.8 Å². The third-order valence-corrected chi connectivity index (χ3v) is 5.31. The van der Waals surface area contributed by atoms with Crippen molar-refractivity contribution in [3.8, 4) is 11.5 Å². The average Bonchev–Trinajstić information content (AvgIpc) is 2.70. The van der Waals surface area contributed by atoms with E-state index in [9.17, 15) is 13.2 Å². The Balaban J connectivity index is 2.09. The molecule has 0 saturated carbocycles. The Bertz CT molecular complexity index is 957. The van der Waals surface area contributed by atoms with Crippen molar-refractivity contribution < 1.29 is 22.7 Å². The lowest BCUT2D eigenvalue weighted by atomic mass is 10.2. The van der Waals surface area contributed by atoms with Crippen LogP contribution in [0.2, 0.25) is 0 Å². The highest BCUT2D eigenvalue weighted by atomic mass is 32.2. The molecule has 0 bridgehead atoms. The molecular weight excluding hydrogens is 406 g/mol. The second kappa shape index (κ2) is 10.6. The van der Waals surface area contributed by atoms with E-state index in [1.54, 1.807) is 48.5 Å². The molecule has 2 rings (SSSR count). The van der Waals surface area contributed by atoms with E-state index in [0.717, 1.165) is 21.9 Å². The summed E-state index contributed by atoms with van der Waals surface area (Å²) in [6.07, 6.45) is 2.53. The quantitative estimate of drug-likeness (QED) is 0.459. The highest BCUT2D eigenvalue weighted by Gasteiger charge is 2.29. The molecule has 1 N–H and O–H groups in total. The van der Waals surface area contributed by atoms with Gasteiger partial charge < -0.3 is 9.47 Å². The third-order valence-electron chi connectivity index (χ3n) is 4.07. The van der Waals surface area contributed by atoms with Crippen LogP contribution in [0.1, 0.15) is 26.3 Å². The van der Waals surface area contributed by atoms with Crippen molar-refractivity contribution in [2.45, 2.75) is 26.8 Å². The van der Waals surface area contributed by atoms with Crippen LogP contribution < -0.4 is 19.2 Å². The zero-order valence-electron chi connectivity index (χ0n) is 17.5. The van der Waals surface area contributed by atoms with Gasteiger partial charge in [-0.3, -0.25) is 9.10 Å². The highest BCUT2D eigenvalue weighted by molar-refractivity contribution is 7.92. The SMILES string of the molecule is CCOc1ccc(/C=N\NC(=O)[C@H](C)N(c2ccc(OCC)cc2)S(C)(=O)=O)cc1. The summed E-state index contributed by atoms with van der Waals surface area (Å²) in [5.41, 5.74) is 3.52. The van der Waals surface area contributed by atoms with Crippen LogP contribution in [0.25, 0.3) is 0 Å². The second-order valence-electron chi connectivity index (χ2n) is 6.40. The predicted octanol–water partition coefficient (Wildman–Crippen LogP) is 2.79. The van der Waals surface area contributed by atoms with Gasteiger partial charge in [-0.2, -0.15) is 5.10 Å². The monoisotopic (exact) mass is 433 g/mol. The summed E-state index contributed by atoms with van der Waals surface area (Å²) in [5.74, 6) is 0.801. The van der Waals surface area contributed by atoms with Crippen LogP contribution >= 0.6 is 0 Å². The predicted molar refractivity (Wildman–Crippen MR) is 118 cm³/mol. The summed E-state index contributed by atoms with van der Waals surface area (Å²) in [6.45, 7) is 6.34. The first kappa shape index (κ1) is 23.2. The number of nitrogens with zero attached hydrogens (tertiary/aromatic N) is 2. The molecular formula is C21H27N3O5S. The summed E-state index contributed by atoms with van der Waals surface area (Å²) in [5, 5.41) is 3.93. The molecule has 0 aliphatic carbocycles. The molecule has 0 aliphatic rings. The van der Waals surface area contributed by atoms with Gasteiger partial charge in [-0.25, -0.2) is 13.8 Å². The fourth-order valence-electron chi connectivity index (χ4n) is 2.75. The van der Waals surface area contributed by atoms with Gasteiger partial charge in [0.1, 0.15) is 17.5 Å². The van der Waals surface area contributed by atoms with Gasteiger partial charge >= 0.3 is 0 Å². The standard InChI is InChI=1S/C21H27N3O5S/c1-5-28-19-11-7-17(8-12-19)15-22-23-21(25)16(3)24(30(4,26)27)18-9-13-20(14-10-18)29-6-2/h7-16H,5-6H2,1-4H3,(H,23,25)/b22-15-/t16-/m0/s1. The average molecular weight is 434 g/mol. The summed E-state index contributed by atoms with van der Waals surface area (Å²) < 4.78 is 36.5. The lowest BCUT2D eigenvalue weighted by Crippen LogP contribution is -2.46. The first-order valence-corrected chi connectivity index (χ1v) is 11.4. The summed E-state index contributed by atoms with van der Waals surface area (Å²) in [6, 6.07) is 12.7. The van der Waals surface area contributed by atoms with Crippen LogP contribution in [-0.2, 0) is 14.8 Å². The van der Waals surface area contributed by atoms with Crippen LogP contribution in [0.3, 0.4) is 0 Å². The zero-order chi connectivity index (χ0) is 22.1. The second-order valence-corrected chi connectivity index (χ2v) is 8.26. The molecule has 0 aromatic heterocycles. The molecule has 9 heteroatoms. The molecule has 1 amide bonds. The Kier molecular flexibility index (Phi) is 8.23. The van der Waals surface area contributed by atoms with Gasteiger partial charge in [0.25, 0.3) is 5.91 Å². The van der Waals surface area contributed by atoms with E-state index in [2.05, 4.69) is 10.5 Å². The summed E-state index contributed by atoms with van der Waals surface area (Å²) in [7, 11) is -3.71. The van der Waals surface area contributed by atoms with Crippen LogP contribution in [0.5, 0.6) is 11.5 Å². The number of benzene rings is 2. The van der Waals surface area contributed by atoms with Crippen LogP contribution in [0.15, 0.2) is 53.6 Å². The number of amides is 1. The molecule has 2 aromatic carbocycles. The number of carbonyl (C=O) groups is 1. The van der Waals surface area contributed by atoms with E-state index in [4.69, 9.17) is 9.47 Å². The van der Waals surface area contributed by atoms with E-state index in [1.807, 2.05) is 13.8 Å². The minimum absolute atomic E-state index is 0.360. The fourth-order valence-corrected chi connectivity index (χ4v) is 3.92.